The molecule has 2 saturated heterocycles. The minimum absolute atomic E-state index is 0.216. The number of nitrogens with zero attached hydrogens (tertiary/aromatic N) is 3. The number of carbonyl (C=O) groups is 3. The molecule has 3 aliphatic rings. The Labute approximate surface area is 364 Å². The van der Waals surface area contributed by atoms with Crippen LogP contribution in [0.15, 0.2) is 0 Å². The highest BCUT2D eigenvalue weighted by Gasteiger charge is 2.71. The Hall–Kier alpha value is -3.23. The highest BCUT2D eigenvalue weighted by atomic mass is 16.5. The summed E-state index contributed by atoms with van der Waals surface area (Å²) in [5, 5.41) is 0. The maximum Gasteiger partial charge on any atom is 0.256 e. The van der Waals surface area contributed by atoms with Gasteiger partial charge in [0.05, 0.1) is 27.7 Å². The fourth-order valence-corrected chi connectivity index (χ4v) is 12.8. The SMILES string of the molecule is Cc1c(C)c(OC(C)(C)c2c(C)c(C)c(C(C)(C)N3C(C)(C)C(C)(C)OC(C)(C)C3(C)C)c(C)c2C)c2c(c1C)C(=O)N(C1(C)C(=O)N(C)C(=O)C(C)(C)C1(C)C)C2(C)C. The van der Waals surface area contributed by atoms with Crippen LogP contribution in [0.5, 0.6) is 5.75 Å². The third kappa shape index (κ3) is 5.63. The van der Waals surface area contributed by atoms with E-state index in [0.29, 0.717) is 11.3 Å². The Morgan fingerprint density at radius 1 is 0.550 bits per heavy atom. The molecule has 0 bridgehead atoms. The molecule has 60 heavy (non-hydrogen) atoms. The Morgan fingerprint density at radius 3 is 1.40 bits per heavy atom. The monoisotopic (exact) mass is 828 g/mol. The van der Waals surface area contributed by atoms with Crippen molar-refractivity contribution in [2.24, 2.45) is 10.8 Å². The van der Waals surface area contributed by atoms with Crippen LogP contribution >= 0.6 is 0 Å². The van der Waals surface area contributed by atoms with E-state index in [0.717, 1.165) is 27.8 Å². The van der Waals surface area contributed by atoms with Crippen molar-refractivity contribution in [1.29, 1.82) is 0 Å². The van der Waals surface area contributed by atoms with E-state index >= 15 is 4.79 Å². The largest absolute Gasteiger partial charge is 0.482 e. The minimum Gasteiger partial charge on any atom is -0.482 e. The molecule has 2 aromatic rings. The van der Waals surface area contributed by atoms with Gasteiger partial charge in [0.25, 0.3) is 11.8 Å². The number of carbonyl (C=O) groups excluding carboxylic acids is 3. The predicted molar refractivity (Wildman–Crippen MR) is 245 cm³/mol. The highest BCUT2D eigenvalue weighted by molar-refractivity contribution is 6.11. The molecule has 0 saturated carbocycles. The van der Waals surface area contributed by atoms with Gasteiger partial charge in [-0.2, -0.15) is 0 Å². The van der Waals surface area contributed by atoms with Crippen molar-refractivity contribution in [1.82, 2.24) is 14.7 Å². The minimum atomic E-state index is -1.36. The summed E-state index contributed by atoms with van der Waals surface area (Å²) in [7, 11) is 1.54. The van der Waals surface area contributed by atoms with E-state index in [1.165, 1.54) is 32.7 Å². The molecule has 8 heteroatoms. The van der Waals surface area contributed by atoms with Crippen molar-refractivity contribution >= 4 is 17.7 Å². The van der Waals surface area contributed by atoms with E-state index < -0.39 is 44.2 Å². The summed E-state index contributed by atoms with van der Waals surface area (Å²) in [6.07, 6.45) is 0. The number of fused-ring (bicyclic) bond motifs is 1. The van der Waals surface area contributed by atoms with E-state index in [9.17, 15) is 9.59 Å². The van der Waals surface area contributed by atoms with Gasteiger partial charge in [-0.15, -0.1) is 0 Å². The molecule has 0 spiro atoms. The number of amides is 3. The number of likely N-dealkylation sites (N-methyl/N-ethyl adjacent to an activating group) is 1. The number of ether oxygens (including phenoxy) is 2. The van der Waals surface area contributed by atoms with Crippen molar-refractivity contribution in [2.45, 2.75) is 225 Å². The van der Waals surface area contributed by atoms with Crippen LogP contribution in [-0.2, 0) is 31.0 Å². The first kappa shape index (κ1) is 47.8. The van der Waals surface area contributed by atoms with E-state index in [1.807, 2.05) is 55.4 Å². The predicted octanol–water partition coefficient (Wildman–Crippen LogP) is 11.3. The topological polar surface area (TPSA) is 79.4 Å². The first-order valence-corrected chi connectivity index (χ1v) is 22.2. The summed E-state index contributed by atoms with van der Waals surface area (Å²) in [4.78, 5) is 49.2. The van der Waals surface area contributed by atoms with Crippen LogP contribution in [0.4, 0.5) is 0 Å². The van der Waals surface area contributed by atoms with Gasteiger partial charge in [-0.05, 0) is 197 Å². The maximum absolute atomic E-state index is 15.3. The van der Waals surface area contributed by atoms with E-state index in [4.69, 9.17) is 9.47 Å². The summed E-state index contributed by atoms with van der Waals surface area (Å²) < 4.78 is 14.4. The standard InChI is InChI=1S/C52H81N3O5/c1-28-29(2)35-38(44(10,11)54(40(35)56)52(26)42(58)53(27)41(57)43(8,9)47(52,16)17)39(34(28)7)59-46(14,15)37-32(5)30(3)36(31(4)33(37)6)45(12,13)55-48(18,19)50(22,23)60-51(24,25)49(55,20)21/h1-27H3. The van der Waals surface area contributed by atoms with Crippen LogP contribution in [0.1, 0.15) is 198 Å². The lowest BCUT2D eigenvalue weighted by Gasteiger charge is -2.70. The number of piperidine rings is 1. The van der Waals surface area contributed by atoms with E-state index in [-0.39, 0.29) is 28.8 Å². The van der Waals surface area contributed by atoms with Gasteiger partial charge in [-0.3, -0.25) is 24.2 Å². The van der Waals surface area contributed by atoms with Crippen molar-refractivity contribution in [3.63, 3.8) is 0 Å². The number of rotatable bonds is 6. The molecule has 2 fully saturated rings. The molecule has 2 aromatic carbocycles. The van der Waals surface area contributed by atoms with Crippen molar-refractivity contribution in [3.05, 3.63) is 61.2 Å². The molecule has 8 nitrogen and oxygen atoms in total. The van der Waals surface area contributed by atoms with Crippen molar-refractivity contribution in [2.75, 3.05) is 7.05 Å². The molecule has 5 rings (SSSR count). The summed E-state index contributed by atoms with van der Waals surface area (Å²) >= 11 is 0. The van der Waals surface area contributed by atoms with Crippen LogP contribution in [-0.4, -0.2) is 67.3 Å². The number of morpholine rings is 1. The highest BCUT2D eigenvalue weighted by Crippen LogP contribution is 2.61. The van der Waals surface area contributed by atoms with Crippen LogP contribution in [0.2, 0.25) is 0 Å². The maximum atomic E-state index is 15.3. The lowest BCUT2D eigenvalue weighted by Crippen LogP contribution is -2.80. The second kappa shape index (κ2) is 13.2. The number of hydrogen-bond acceptors (Lipinski definition) is 6. The van der Waals surface area contributed by atoms with E-state index in [2.05, 4.69) is 130 Å². The van der Waals surface area contributed by atoms with Gasteiger partial charge in [0.15, 0.2) is 0 Å². The van der Waals surface area contributed by atoms with Gasteiger partial charge in [0.2, 0.25) is 5.91 Å². The molecule has 3 heterocycles. The van der Waals surface area contributed by atoms with Gasteiger partial charge in [-0.1, -0.05) is 27.7 Å². The number of benzene rings is 2. The summed E-state index contributed by atoms with van der Waals surface area (Å²) in [5.41, 5.74) is 4.51. The quantitative estimate of drug-likeness (QED) is 0.270. The fourth-order valence-electron chi connectivity index (χ4n) is 12.8. The molecule has 3 aliphatic heterocycles. The van der Waals surface area contributed by atoms with Crippen LogP contribution in [0, 0.1) is 59.3 Å². The van der Waals surface area contributed by atoms with Gasteiger partial charge >= 0.3 is 0 Å². The normalized spacial score (nSPS) is 25.5. The number of imide groups is 1. The van der Waals surface area contributed by atoms with Gasteiger partial charge < -0.3 is 14.4 Å². The lowest BCUT2D eigenvalue weighted by molar-refractivity contribution is -0.313. The molecule has 1 unspecified atom stereocenters. The second-order valence-electron chi connectivity index (χ2n) is 23.6. The lowest BCUT2D eigenvalue weighted by atomic mass is 9.53. The van der Waals surface area contributed by atoms with Crippen LogP contribution < -0.4 is 4.74 Å². The Bertz CT molecular complexity index is 2170. The van der Waals surface area contributed by atoms with Gasteiger partial charge in [0.1, 0.15) is 16.9 Å². The third-order valence-corrected chi connectivity index (χ3v) is 18.0. The van der Waals surface area contributed by atoms with Crippen molar-refractivity contribution in [3.8, 4) is 5.75 Å². The first-order chi connectivity index (χ1) is 26.5. The Kier molecular flexibility index (Phi) is 10.5. The van der Waals surface area contributed by atoms with Crippen LogP contribution in [0.25, 0.3) is 0 Å². The van der Waals surface area contributed by atoms with Gasteiger partial charge in [0, 0.05) is 40.2 Å². The first-order valence-electron chi connectivity index (χ1n) is 22.2. The Morgan fingerprint density at radius 2 is 0.967 bits per heavy atom. The van der Waals surface area contributed by atoms with Gasteiger partial charge in [-0.25, -0.2) is 0 Å². The summed E-state index contributed by atoms with van der Waals surface area (Å²) in [6, 6.07) is 0. The molecule has 1 atom stereocenters. The molecule has 3 amide bonds. The molecule has 0 aliphatic carbocycles. The fraction of sp³-hybridized carbons (Fsp3) is 0.712. The smallest absolute Gasteiger partial charge is 0.256 e. The zero-order valence-corrected chi connectivity index (χ0v) is 42.9. The average Bonchev–Trinajstić information content (AvgIpc) is 3.28. The summed E-state index contributed by atoms with van der Waals surface area (Å²) in [5.74, 6) is -0.170. The molecule has 0 aromatic heterocycles. The number of likely N-dealkylation sites (tertiary alicyclic amines) is 1. The number of hydrogen-bond donors (Lipinski definition) is 0. The van der Waals surface area contributed by atoms with Crippen LogP contribution in [0.3, 0.4) is 0 Å². The molecular formula is C52H81N3O5. The molecular weight excluding hydrogens is 747 g/mol. The zero-order chi connectivity index (χ0) is 46.8. The molecule has 0 N–H and O–H groups in total. The van der Waals surface area contributed by atoms with Crippen molar-refractivity contribution < 1.29 is 23.9 Å². The average molecular weight is 828 g/mol. The Balaban J connectivity index is 1.73. The second-order valence-corrected chi connectivity index (χ2v) is 23.6. The third-order valence-electron chi connectivity index (χ3n) is 18.0. The van der Waals surface area contributed by atoms with E-state index in [1.54, 1.807) is 11.9 Å². The molecule has 0 radical (unpaired) electrons. The molecule has 334 valence electrons. The zero-order valence-electron chi connectivity index (χ0n) is 42.9. The summed E-state index contributed by atoms with van der Waals surface area (Å²) in [6.45, 7) is 56.0.